The highest BCUT2D eigenvalue weighted by molar-refractivity contribution is 5.90. The lowest BCUT2D eigenvalue weighted by Crippen LogP contribution is -2.56. The van der Waals surface area contributed by atoms with Crippen LogP contribution < -0.4 is 35.5 Å². The van der Waals surface area contributed by atoms with E-state index >= 15 is 0 Å². The maximum absolute atomic E-state index is 12.0. The van der Waals surface area contributed by atoms with Crippen molar-refractivity contribution in [1.82, 2.24) is 26.3 Å². The molecule has 0 spiro atoms. The number of aryl methyl sites for hydroxylation is 2. The van der Waals surface area contributed by atoms with E-state index in [9.17, 15) is 25.5 Å². The maximum atomic E-state index is 12.0. The minimum absolute atomic E-state index is 0.0193. The van der Waals surface area contributed by atoms with E-state index in [0.29, 0.717) is 94.2 Å². The molecule has 410 valence electrons. The van der Waals surface area contributed by atoms with Crippen molar-refractivity contribution >= 4 is 17.0 Å². The van der Waals surface area contributed by atoms with Crippen LogP contribution in [0.5, 0.6) is 28.7 Å². The van der Waals surface area contributed by atoms with E-state index in [2.05, 4.69) is 107 Å². The van der Waals surface area contributed by atoms with Gasteiger partial charge in [0, 0.05) is 79.2 Å². The fraction of sp³-hybridized carbons (Fsp3) is 0.460. The molecule has 2 aliphatic heterocycles. The zero-order chi connectivity index (χ0) is 53.8. The van der Waals surface area contributed by atoms with Gasteiger partial charge >= 0.3 is 0 Å². The number of aromatic amines is 1. The fourth-order valence-electron chi connectivity index (χ4n) is 13.1. The molecule has 3 heterocycles. The van der Waals surface area contributed by atoms with Gasteiger partial charge in [-0.15, -0.1) is 0 Å². The van der Waals surface area contributed by atoms with Crippen molar-refractivity contribution in [2.75, 3.05) is 66.9 Å². The number of nitrogens with one attached hydrogen (secondary N) is 5. The van der Waals surface area contributed by atoms with Gasteiger partial charge in [0.1, 0.15) is 29.0 Å². The van der Waals surface area contributed by atoms with E-state index in [1.807, 2.05) is 38.4 Å². The Morgan fingerprint density at radius 2 is 1.74 bits per heavy atom. The highest BCUT2D eigenvalue weighted by Crippen LogP contribution is 2.61. The average Bonchev–Trinajstić information content (AvgIpc) is 4.07. The van der Waals surface area contributed by atoms with Crippen molar-refractivity contribution in [3.63, 3.8) is 0 Å². The Kier molecular flexibility index (Phi) is 16.7. The Morgan fingerprint density at radius 1 is 0.896 bits per heavy atom. The van der Waals surface area contributed by atoms with Crippen molar-refractivity contribution in [1.29, 1.82) is 0 Å². The summed E-state index contributed by atoms with van der Waals surface area (Å²) < 4.78 is 27.7. The van der Waals surface area contributed by atoms with Crippen LogP contribution in [0, 0.1) is 5.92 Å². The third kappa shape index (κ3) is 11.2. The molecule has 77 heavy (non-hydrogen) atoms. The van der Waals surface area contributed by atoms with Crippen LogP contribution in [-0.2, 0) is 36.8 Å². The molecular weight excluding hydrogens is 971 g/mol. The summed E-state index contributed by atoms with van der Waals surface area (Å²) in [6, 6.07) is 27.1. The highest BCUT2D eigenvalue weighted by Gasteiger charge is 2.51. The number of phenols is 2. The lowest BCUT2D eigenvalue weighted by atomic mass is 9.62. The molecule has 0 amide bonds. The number of aromatic nitrogens is 1. The van der Waals surface area contributed by atoms with Gasteiger partial charge in [0.25, 0.3) is 0 Å². The summed E-state index contributed by atoms with van der Waals surface area (Å²) in [5.41, 5.74) is 11.0. The van der Waals surface area contributed by atoms with Gasteiger partial charge in [0.2, 0.25) is 0 Å². The van der Waals surface area contributed by atoms with Gasteiger partial charge in [-0.05, 0) is 176 Å². The molecule has 0 saturated carbocycles. The van der Waals surface area contributed by atoms with Crippen LogP contribution in [0.4, 0.5) is 0 Å². The lowest BCUT2D eigenvalue weighted by Gasteiger charge is -2.48. The topological polar surface area (TPSA) is 202 Å². The zero-order valence-electron chi connectivity index (χ0n) is 45.4. The van der Waals surface area contributed by atoms with Crippen LogP contribution in [0.3, 0.4) is 0 Å². The van der Waals surface area contributed by atoms with E-state index in [1.54, 1.807) is 0 Å². The van der Waals surface area contributed by atoms with E-state index in [4.69, 9.17) is 18.9 Å². The summed E-state index contributed by atoms with van der Waals surface area (Å²) in [6.07, 6.45) is 8.67. The summed E-state index contributed by atoms with van der Waals surface area (Å²) in [7, 11) is 3.40. The Morgan fingerprint density at radius 3 is 2.52 bits per heavy atom. The molecule has 2 aliphatic carbocycles. The summed E-state index contributed by atoms with van der Waals surface area (Å²) >= 11 is 0. The minimum atomic E-state index is -1.08. The first-order valence-electron chi connectivity index (χ1n) is 27.8. The molecule has 14 heteroatoms. The smallest absolute Gasteiger partial charge is 0.161 e. The fourth-order valence-corrected chi connectivity index (χ4v) is 13.1. The van der Waals surface area contributed by atoms with Crippen LogP contribution >= 0.6 is 0 Å². The average molecular weight is 1050 g/mol. The lowest BCUT2D eigenvalue weighted by molar-refractivity contribution is -0.129. The van der Waals surface area contributed by atoms with Crippen LogP contribution in [0.25, 0.3) is 28.1 Å². The van der Waals surface area contributed by atoms with Crippen LogP contribution in [-0.4, -0.2) is 115 Å². The predicted octanol–water partition coefficient (Wildman–Crippen LogP) is 8.45. The molecule has 0 radical (unpaired) electrons. The monoisotopic (exact) mass is 1050 g/mol. The molecule has 10 N–H and O–H groups in total. The number of ether oxygens (including phenoxy) is 4. The van der Waals surface area contributed by atoms with E-state index < -0.39 is 23.4 Å². The van der Waals surface area contributed by atoms with E-state index in [0.717, 1.165) is 80.5 Å². The van der Waals surface area contributed by atoms with Crippen molar-refractivity contribution < 1.29 is 44.5 Å². The second kappa shape index (κ2) is 23.6. The highest BCUT2D eigenvalue weighted by atomic mass is 16.6. The molecule has 5 aromatic carbocycles. The quantitative estimate of drug-likeness (QED) is 0.0205. The molecule has 14 nitrogen and oxygen atoms in total. The van der Waals surface area contributed by atoms with Crippen molar-refractivity contribution in [3.05, 3.63) is 141 Å². The third-order valence-electron chi connectivity index (χ3n) is 16.3. The standard InChI is InChI=1S/C63H79N5O9/c1-38(2)30-62(3,73)34-66-36-67-35-63(75-37-64-4)31-51-48-29-50-55(41-15-19-52-40(25-41)21-23-68-52)44(32-65-22-9-13-39-11-7-6-8-12-39)27-49-53(71)20-18-46(56(49)50)57(48)60-47(17-16-45(33-70)76-60)59(51)77-61(63)43-26-42(14-10-24-69)58(72)54(28-43)74-5/h6-8,11-12,15,18-21,23,25-28,38,45,50,55,61,64-73H,9-10,13-14,16-17,22,24,29-37H2,1-5H3/t45-,50-,55+,61-,62+,63+/m1/s1. The number of benzene rings is 5. The second-order valence-corrected chi connectivity index (χ2v) is 22.6. The number of phenolic OH excluding ortho intramolecular Hbond substituents is 2. The largest absolute Gasteiger partial charge is 0.507 e. The van der Waals surface area contributed by atoms with Gasteiger partial charge in [-0.2, -0.15) is 0 Å². The minimum Gasteiger partial charge on any atom is -0.507 e. The molecule has 0 bridgehead atoms. The molecular formula is C63H79N5O9. The Labute approximate surface area is 453 Å². The molecule has 6 aromatic rings. The third-order valence-corrected chi connectivity index (χ3v) is 16.3. The van der Waals surface area contributed by atoms with Gasteiger partial charge in [-0.25, -0.2) is 0 Å². The summed E-state index contributed by atoms with van der Waals surface area (Å²) in [5.74, 6) is 2.12. The van der Waals surface area contributed by atoms with Gasteiger partial charge in [0.05, 0.1) is 26.0 Å². The number of aliphatic hydroxyl groups excluding tert-OH is 2. The van der Waals surface area contributed by atoms with Crippen LogP contribution in [0.1, 0.15) is 114 Å². The number of rotatable bonds is 24. The molecule has 10 rings (SSSR count). The zero-order valence-corrected chi connectivity index (χ0v) is 45.4. The Bertz CT molecular complexity index is 3060. The maximum Gasteiger partial charge on any atom is 0.161 e. The number of aromatic hydroxyl groups is 2. The summed E-state index contributed by atoms with van der Waals surface area (Å²) in [5, 5.41) is 70.8. The molecule has 0 saturated heterocycles. The number of H-pyrrole nitrogens is 1. The van der Waals surface area contributed by atoms with Crippen molar-refractivity contribution in [2.45, 2.75) is 114 Å². The first-order chi connectivity index (χ1) is 37.3. The second-order valence-electron chi connectivity index (χ2n) is 22.6. The Hall–Kier alpha value is -5.94. The molecule has 0 fully saturated rings. The van der Waals surface area contributed by atoms with Crippen LogP contribution in [0.15, 0.2) is 90.6 Å². The molecule has 4 aliphatic rings. The van der Waals surface area contributed by atoms with Gasteiger partial charge in [-0.3, -0.25) is 5.32 Å². The predicted molar refractivity (Wildman–Crippen MR) is 302 cm³/mol. The first kappa shape index (κ1) is 54.4. The summed E-state index contributed by atoms with van der Waals surface area (Å²) in [4.78, 5) is 3.40. The number of methoxy groups -OCH3 is 1. The van der Waals surface area contributed by atoms with Crippen molar-refractivity contribution in [2.24, 2.45) is 5.92 Å². The van der Waals surface area contributed by atoms with Gasteiger partial charge in [-0.1, -0.05) is 56.3 Å². The van der Waals surface area contributed by atoms with Gasteiger partial charge in [0.15, 0.2) is 17.6 Å². The molecule has 1 aromatic heterocycles. The van der Waals surface area contributed by atoms with Gasteiger partial charge < -0.3 is 65.4 Å². The Balaban J connectivity index is 1.12. The molecule has 0 unspecified atom stereocenters. The van der Waals surface area contributed by atoms with Crippen LogP contribution in [0.2, 0.25) is 0 Å². The number of aliphatic hydroxyl groups is 3. The van der Waals surface area contributed by atoms with Crippen molar-refractivity contribution in [3.8, 4) is 39.9 Å². The summed E-state index contributed by atoms with van der Waals surface area (Å²) in [6.45, 7) is 8.64. The number of fused-ring (bicyclic) bond motifs is 8. The SMILES string of the molecule is CNCO[C@]1(CNCNC[C@@](C)(O)CC(C)C)Cc2c3c(c4c(c2O[C@@H]1c1cc(CCCO)c(O)c(OC)c1)CC[C@H](CO)O4)-c1ccc(O)c2c1[C@H](C3)[C@@H](c1ccc3[nH]ccc3c1)C(CNCCCc1ccccc1)=C2. The number of hydrogen-bond donors (Lipinski definition) is 10. The van der Waals surface area contributed by atoms with E-state index in [-0.39, 0.29) is 43.3 Å². The first-order valence-corrected chi connectivity index (χ1v) is 27.8. The van der Waals surface area contributed by atoms with E-state index in [1.165, 1.54) is 23.8 Å². The number of hydrogen-bond acceptors (Lipinski definition) is 13. The molecule has 6 atom stereocenters. The normalized spacial score (nSPS) is 21.1.